The number of carbonyl (C=O) groups excluding carboxylic acids is 3. The van der Waals surface area contributed by atoms with Gasteiger partial charge >= 0.3 is 12.0 Å². The number of urea groups is 1. The Balaban J connectivity index is 1.47. The van der Waals surface area contributed by atoms with Crippen molar-refractivity contribution in [2.45, 2.75) is 6.92 Å². The van der Waals surface area contributed by atoms with Gasteiger partial charge in [0.05, 0.1) is 18.4 Å². The summed E-state index contributed by atoms with van der Waals surface area (Å²) in [4.78, 5) is 49.4. The number of carboxylic acids is 1. The molecule has 4 amide bonds. The van der Waals surface area contributed by atoms with Gasteiger partial charge in [-0.2, -0.15) is 0 Å². The van der Waals surface area contributed by atoms with Gasteiger partial charge in [0.2, 0.25) is 5.91 Å². The standard InChI is InChI=1S/C25H21N3O7/c1-14-11-15(24(31)32)7-9-17(14)20-10-8-16(35-20)12-19-23(30)28(25(33)27-19)13-22(29)26-18-5-3-4-6-21(18)34-2/h3-12H,13H2,1-2H3,(H,26,29)(H,27,33)(H,31,32)/b19-12+. The van der Waals surface area contributed by atoms with Crippen molar-refractivity contribution in [2.24, 2.45) is 0 Å². The van der Waals surface area contributed by atoms with E-state index in [4.69, 9.17) is 14.3 Å². The molecule has 0 saturated carbocycles. The molecule has 2 heterocycles. The third-order valence-electron chi connectivity index (χ3n) is 5.30. The summed E-state index contributed by atoms with van der Waals surface area (Å²) in [6, 6.07) is 14.0. The fourth-order valence-electron chi connectivity index (χ4n) is 3.59. The number of ether oxygens (including phenoxy) is 1. The Bertz CT molecular complexity index is 1370. The Morgan fingerprint density at radius 1 is 1.14 bits per heavy atom. The first-order valence-electron chi connectivity index (χ1n) is 10.5. The average Bonchev–Trinajstić information content (AvgIpc) is 3.39. The third kappa shape index (κ3) is 4.91. The van der Waals surface area contributed by atoms with Gasteiger partial charge in [0.15, 0.2) is 0 Å². The summed E-state index contributed by atoms with van der Waals surface area (Å²) in [7, 11) is 1.46. The monoisotopic (exact) mass is 475 g/mol. The van der Waals surface area contributed by atoms with Crippen LogP contribution in [0, 0.1) is 6.92 Å². The Morgan fingerprint density at radius 3 is 2.63 bits per heavy atom. The second-order valence-electron chi connectivity index (χ2n) is 7.66. The number of aryl methyl sites for hydroxylation is 1. The Hall–Kier alpha value is -4.86. The van der Waals surface area contributed by atoms with Crippen molar-refractivity contribution in [3.8, 4) is 17.1 Å². The topological polar surface area (TPSA) is 138 Å². The van der Waals surface area contributed by atoms with Gasteiger partial charge in [-0.05, 0) is 48.9 Å². The molecular weight excluding hydrogens is 454 g/mol. The Morgan fingerprint density at radius 2 is 1.91 bits per heavy atom. The zero-order valence-corrected chi connectivity index (χ0v) is 18.8. The quantitative estimate of drug-likeness (QED) is 0.351. The van der Waals surface area contributed by atoms with Gasteiger partial charge in [0.1, 0.15) is 29.5 Å². The molecule has 0 radical (unpaired) electrons. The van der Waals surface area contributed by atoms with Crippen LogP contribution in [0.25, 0.3) is 17.4 Å². The molecule has 1 saturated heterocycles. The summed E-state index contributed by atoms with van der Waals surface area (Å²) in [5.41, 5.74) is 1.93. The van der Waals surface area contributed by atoms with Crippen molar-refractivity contribution >= 4 is 35.6 Å². The van der Waals surface area contributed by atoms with Crippen LogP contribution in [-0.2, 0) is 9.59 Å². The van der Waals surface area contributed by atoms with E-state index in [0.717, 1.165) is 4.90 Å². The number of nitrogens with zero attached hydrogens (tertiary/aromatic N) is 1. The normalized spacial score (nSPS) is 14.2. The molecule has 2 aromatic carbocycles. The first-order valence-corrected chi connectivity index (χ1v) is 10.5. The van der Waals surface area contributed by atoms with Crippen LogP contribution in [0.15, 0.2) is 64.7 Å². The van der Waals surface area contributed by atoms with Crippen LogP contribution >= 0.6 is 0 Å². The number of carbonyl (C=O) groups is 4. The second kappa shape index (κ2) is 9.56. The van der Waals surface area contributed by atoms with Crippen LogP contribution in [-0.4, -0.2) is 47.5 Å². The van der Waals surface area contributed by atoms with Gasteiger partial charge in [-0.15, -0.1) is 0 Å². The molecule has 10 heteroatoms. The molecule has 3 N–H and O–H groups in total. The molecule has 0 aliphatic carbocycles. The van der Waals surface area contributed by atoms with Crippen LogP contribution < -0.4 is 15.4 Å². The molecule has 1 aromatic heterocycles. The lowest BCUT2D eigenvalue weighted by molar-refractivity contribution is -0.127. The SMILES string of the molecule is COc1ccccc1NC(=O)CN1C(=O)N/C(=C/c2ccc(-c3ccc(C(=O)O)cc3C)o2)C1=O. The molecule has 0 atom stereocenters. The number of rotatable bonds is 7. The number of furan rings is 1. The molecule has 0 unspecified atom stereocenters. The Kier molecular flexibility index (Phi) is 6.36. The predicted octanol–water partition coefficient (Wildman–Crippen LogP) is 3.49. The van der Waals surface area contributed by atoms with E-state index in [2.05, 4.69) is 10.6 Å². The molecule has 178 valence electrons. The van der Waals surface area contributed by atoms with Gasteiger partial charge in [-0.1, -0.05) is 18.2 Å². The molecule has 1 aliphatic heterocycles. The maximum Gasteiger partial charge on any atom is 0.335 e. The largest absolute Gasteiger partial charge is 0.495 e. The number of para-hydroxylation sites is 2. The number of benzene rings is 2. The molecule has 0 bridgehead atoms. The summed E-state index contributed by atoms with van der Waals surface area (Å²) in [5, 5.41) is 14.2. The van der Waals surface area contributed by atoms with E-state index in [1.54, 1.807) is 49.4 Å². The number of anilines is 1. The van der Waals surface area contributed by atoms with E-state index in [1.807, 2.05) is 0 Å². The van der Waals surface area contributed by atoms with Crippen molar-refractivity contribution in [3.05, 3.63) is 77.2 Å². The fraction of sp³-hybridized carbons (Fsp3) is 0.120. The van der Waals surface area contributed by atoms with Crippen LogP contribution in [0.1, 0.15) is 21.7 Å². The maximum atomic E-state index is 12.7. The maximum absolute atomic E-state index is 12.7. The molecule has 10 nitrogen and oxygen atoms in total. The second-order valence-corrected chi connectivity index (χ2v) is 7.66. The summed E-state index contributed by atoms with van der Waals surface area (Å²) in [5.74, 6) is -1.06. The molecule has 3 aromatic rings. The number of imide groups is 1. The minimum absolute atomic E-state index is 0.0426. The predicted molar refractivity (Wildman–Crippen MR) is 126 cm³/mol. The molecule has 35 heavy (non-hydrogen) atoms. The third-order valence-corrected chi connectivity index (χ3v) is 5.30. The average molecular weight is 475 g/mol. The zero-order valence-electron chi connectivity index (χ0n) is 18.8. The van der Waals surface area contributed by atoms with E-state index in [1.165, 1.54) is 25.3 Å². The van der Waals surface area contributed by atoms with Gasteiger partial charge in [-0.25, -0.2) is 14.5 Å². The molecule has 4 rings (SSSR count). The smallest absolute Gasteiger partial charge is 0.335 e. The lowest BCUT2D eigenvalue weighted by Gasteiger charge is -2.13. The highest BCUT2D eigenvalue weighted by molar-refractivity contribution is 6.15. The number of nitrogens with one attached hydrogen (secondary N) is 2. The highest BCUT2D eigenvalue weighted by Gasteiger charge is 2.35. The first-order chi connectivity index (χ1) is 16.8. The van der Waals surface area contributed by atoms with Crippen molar-refractivity contribution in [1.82, 2.24) is 10.2 Å². The number of hydrogen-bond acceptors (Lipinski definition) is 6. The number of carboxylic acid groups (broad SMARTS) is 1. The van der Waals surface area contributed by atoms with E-state index in [9.17, 15) is 19.2 Å². The summed E-state index contributed by atoms with van der Waals surface area (Å²) in [6.45, 7) is 1.27. The number of methoxy groups -OCH3 is 1. The lowest BCUT2D eigenvalue weighted by Crippen LogP contribution is -2.38. The molecule has 1 aliphatic rings. The minimum atomic E-state index is -1.03. The molecule has 1 fully saturated rings. The number of hydrogen-bond donors (Lipinski definition) is 3. The van der Waals surface area contributed by atoms with E-state index in [0.29, 0.717) is 34.1 Å². The number of aromatic carboxylic acids is 1. The molecule has 0 spiro atoms. The van der Waals surface area contributed by atoms with E-state index >= 15 is 0 Å². The van der Waals surface area contributed by atoms with E-state index < -0.39 is 30.4 Å². The summed E-state index contributed by atoms with van der Waals surface area (Å²) >= 11 is 0. The zero-order chi connectivity index (χ0) is 25.1. The van der Waals surface area contributed by atoms with Gasteiger partial charge in [-0.3, -0.25) is 9.59 Å². The van der Waals surface area contributed by atoms with Gasteiger partial charge in [0, 0.05) is 11.6 Å². The number of amides is 4. The van der Waals surface area contributed by atoms with E-state index in [-0.39, 0.29) is 11.3 Å². The highest BCUT2D eigenvalue weighted by atomic mass is 16.5. The van der Waals surface area contributed by atoms with Crippen LogP contribution in [0.3, 0.4) is 0 Å². The summed E-state index contributed by atoms with van der Waals surface area (Å²) < 4.78 is 11.0. The van der Waals surface area contributed by atoms with Crippen molar-refractivity contribution < 1.29 is 33.4 Å². The lowest BCUT2D eigenvalue weighted by atomic mass is 10.0. The summed E-state index contributed by atoms with van der Waals surface area (Å²) in [6.07, 6.45) is 1.36. The van der Waals surface area contributed by atoms with Gasteiger partial charge < -0.3 is 24.9 Å². The van der Waals surface area contributed by atoms with Crippen molar-refractivity contribution in [2.75, 3.05) is 19.0 Å². The fourth-order valence-corrected chi connectivity index (χ4v) is 3.59. The Labute approximate surface area is 199 Å². The van der Waals surface area contributed by atoms with Crippen molar-refractivity contribution in [1.29, 1.82) is 0 Å². The highest BCUT2D eigenvalue weighted by Crippen LogP contribution is 2.28. The first kappa shape index (κ1) is 23.3. The van der Waals surface area contributed by atoms with Crippen LogP contribution in [0.2, 0.25) is 0 Å². The molecular formula is C25H21N3O7. The minimum Gasteiger partial charge on any atom is -0.495 e. The van der Waals surface area contributed by atoms with Crippen molar-refractivity contribution in [3.63, 3.8) is 0 Å². The van der Waals surface area contributed by atoms with Gasteiger partial charge in [0.25, 0.3) is 5.91 Å². The van der Waals surface area contributed by atoms with Crippen LogP contribution in [0.4, 0.5) is 10.5 Å². The van der Waals surface area contributed by atoms with Crippen LogP contribution in [0.5, 0.6) is 5.75 Å².